The molecular formula is C18H20N2O3. The molecule has 1 aliphatic heterocycles. The van der Waals surface area contributed by atoms with E-state index in [2.05, 4.69) is 10.6 Å². The molecule has 0 radical (unpaired) electrons. The highest BCUT2D eigenvalue weighted by molar-refractivity contribution is 6.04. The van der Waals surface area contributed by atoms with Crippen molar-refractivity contribution in [3.05, 3.63) is 53.6 Å². The van der Waals surface area contributed by atoms with Crippen LogP contribution >= 0.6 is 0 Å². The molecule has 2 N–H and O–H groups in total. The van der Waals surface area contributed by atoms with Crippen LogP contribution in [0.5, 0.6) is 5.75 Å². The Morgan fingerprint density at radius 3 is 2.78 bits per heavy atom. The second-order valence-electron chi connectivity index (χ2n) is 5.37. The molecule has 0 aromatic heterocycles. The standard InChI is InChI=1S/C18H20N2O3/c1-22-10-11-23-16-5-3-15(4-6-16)20-18(21)14-2-7-17-13(12-14)8-9-19-17/h2-7,12,19H,8-11H2,1H3,(H,20,21). The average molecular weight is 312 g/mol. The first-order valence-electron chi connectivity index (χ1n) is 7.66. The minimum Gasteiger partial charge on any atom is -0.491 e. The second-order valence-corrected chi connectivity index (χ2v) is 5.37. The Hall–Kier alpha value is -2.53. The van der Waals surface area contributed by atoms with Gasteiger partial charge >= 0.3 is 0 Å². The number of carbonyl (C=O) groups excluding carboxylic acids is 1. The Morgan fingerprint density at radius 2 is 2.00 bits per heavy atom. The predicted octanol–water partition coefficient (Wildman–Crippen LogP) is 2.93. The fourth-order valence-corrected chi connectivity index (χ4v) is 2.53. The van der Waals surface area contributed by atoms with E-state index in [0.29, 0.717) is 18.8 Å². The number of methoxy groups -OCH3 is 1. The van der Waals surface area contributed by atoms with Crippen LogP contribution in [-0.2, 0) is 11.2 Å². The summed E-state index contributed by atoms with van der Waals surface area (Å²) in [6.07, 6.45) is 0.962. The minimum absolute atomic E-state index is 0.104. The summed E-state index contributed by atoms with van der Waals surface area (Å²) in [5.74, 6) is 0.649. The molecule has 23 heavy (non-hydrogen) atoms. The lowest BCUT2D eigenvalue weighted by Gasteiger charge is -2.09. The summed E-state index contributed by atoms with van der Waals surface area (Å²) < 4.78 is 10.4. The molecule has 3 rings (SSSR count). The van der Waals surface area contributed by atoms with Gasteiger partial charge in [-0.15, -0.1) is 0 Å². The molecule has 120 valence electrons. The Kier molecular flexibility index (Phi) is 4.78. The lowest BCUT2D eigenvalue weighted by Crippen LogP contribution is -2.12. The maximum atomic E-state index is 12.3. The highest BCUT2D eigenvalue weighted by Crippen LogP contribution is 2.23. The van der Waals surface area contributed by atoms with Crippen LogP contribution in [0.2, 0.25) is 0 Å². The average Bonchev–Trinajstić information content (AvgIpc) is 3.04. The van der Waals surface area contributed by atoms with Gasteiger partial charge in [-0.25, -0.2) is 0 Å². The molecule has 5 heteroatoms. The van der Waals surface area contributed by atoms with Crippen LogP contribution in [0.1, 0.15) is 15.9 Å². The van der Waals surface area contributed by atoms with Crippen LogP contribution in [0.25, 0.3) is 0 Å². The number of benzene rings is 2. The highest BCUT2D eigenvalue weighted by Gasteiger charge is 2.13. The van der Waals surface area contributed by atoms with Gasteiger partial charge in [-0.3, -0.25) is 4.79 Å². The maximum absolute atomic E-state index is 12.3. The molecule has 0 saturated carbocycles. The van der Waals surface area contributed by atoms with Gasteiger partial charge in [0, 0.05) is 30.6 Å². The first kappa shape index (κ1) is 15.4. The zero-order chi connectivity index (χ0) is 16.1. The summed E-state index contributed by atoms with van der Waals surface area (Å²) in [6.45, 7) is 1.99. The highest BCUT2D eigenvalue weighted by atomic mass is 16.5. The third-order valence-electron chi connectivity index (χ3n) is 3.75. The molecule has 2 aromatic rings. The van der Waals surface area contributed by atoms with E-state index in [0.717, 1.165) is 30.1 Å². The SMILES string of the molecule is COCCOc1ccc(NC(=O)c2ccc3c(c2)CCN3)cc1. The molecule has 0 aliphatic carbocycles. The minimum atomic E-state index is -0.104. The predicted molar refractivity (Wildman–Crippen MR) is 90.4 cm³/mol. The van der Waals surface area contributed by atoms with Gasteiger partial charge in [0.25, 0.3) is 5.91 Å². The van der Waals surface area contributed by atoms with Crippen molar-refractivity contribution in [2.75, 3.05) is 37.5 Å². The monoisotopic (exact) mass is 312 g/mol. The van der Waals surface area contributed by atoms with E-state index in [1.165, 1.54) is 5.56 Å². The van der Waals surface area contributed by atoms with Gasteiger partial charge in [0.05, 0.1) is 6.61 Å². The van der Waals surface area contributed by atoms with Gasteiger partial charge in [-0.05, 0) is 54.4 Å². The van der Waals surface area contributed by atoms with E-state index >= 15 is 0 Å². The molecule has 1 aliphatic rings. The third-order valence-corrected chi connectivity index (χ3v) is 3.75. The van der Waals surface area contributed by atoms with E-state index in [1.54, 1.807) is 7.11 Å². The molecule has 5 nitrogen and oxygen atoms in total. The number of ether oxygens (including phenoxy) is 2. The van der Waals surface area contributed by atoms with Gasteiger partial charge in [-0.2, -0.15) is 0 Å². The molecule has 2 aromatic carbocycles. The molecule has 0 fully saturated rings. The van der Waals surface area contributed by atoms with Crippen molar-refractivity contribution < 1.29 is 14.3 Å². The van der Waals surface area contributed by atoms with Gasteiger partial charge < -0.3 is 20.1 Å². The summed E-state index contributed by atoms with van der Waals surface area (Å²) in [5.41, 5.74) is 3.74. The number of amides is 1. The van der Waals surface area contributed by atoms with E-state index in [4.69, 9.17) is 9.47 Å². The fourth-order valence-electron chi connectivity index (χ4n) is 2.53. The van der Waals surface area contributed by atoms with Crippen molar-refractivity contribution in [2.24, 2.45) is 0 Å². The summed E-state index contributed by atoms with van der Waals surface area (Å²) >= 11 is 0. The number of hydrogen-bond acceptors (Lipinski definition) is 4. The number of anilines is 2. The number of carbonyl (C=O) groups is 1. The van der Waals surface area contributed by atoms with Crippen molar-refractivity contribution in [1.82, 2.24) is 0 Å². The van der Waals surface area contributed by atoms with E-state index in [-0.39, 0.29) is 5.91 Å². The Labute approximate surface area is 135 Å². The molecule has 0 spiro atoms. The van der Waals surface area contributed by atoms with Crippen LogP contribution in [0, 0.1) is 0 Å². The summed E-state index contributed by atoms with van der Waals surface area (Å²) in [6, 6.07) is 13.1. The van der Waals surface area contributed by atoms with Crippen molar-refractivity contribution >= 4 is 17.3 Å². The summed E-state index contributed by atoms with van der Waals surface area (Å²) in [7, 11) is 1.64. The van der Waals surface area contributed by atoms with Crippen molar-refractivity contribution in [1.29, 1.82) is 0 Å². The van der Waals surface area contributed by atoms with Gasteiger partial charge in [-0.1, -0.05) is 0 Å². The molecule has 1 amide bonds. The van der Waals surface area contributed by atoms with E-state index in [1.807, 2.05) is 42.5 Å². The maximum Gasteiger partial charge on any atom is 0.255 e. The van der Waals surface area contributed by atoms with Crippen LogP contribution in [-0.4, -0.2) is 32.8 Å². The van der Waals surface area contributed by atoms with Crippen molar-refractivity contribution in [3.63, 3.8) is 0 Å². The number of nitrogens with one attached hydrogen (secondary N) is 2. The zero-order valence-electron chi connectivity index (χ0n) is 13.1. The topological polar surface area (TPSA) is 59.6 Å². The third kappa shape index (κ3) is 3.81. The Balaban J connectivity index is 1.61. The Bertz CT molecular complexity index is 683. The molecule has 0 saturated heterocycles. The molecule has 0 unspecified atom stereocenters. The number of rotatable bonds is 6. The van der Waals surface area contributed by atoms with Crippen LogP contribution in [0.15, 0.2) is 42.5 Å². The van der Waals surface area contributed by atoms with Crippen LogP contribution in [0.3, 0.4) is 0 Å². The van der Waals surface area contributed by atoms with Crippen LogP contribution < -0.4 is 15.4 Å². The van der Waals surface area contributed by atoms with Crippen LogP contribution in [0.4, 0.5) is 11.4 Å². The summed E-state index contributed by atoms with van der Waals surface area (Å²) in [4.78, 5) is 12.3. The van der Waals surface area contributed by atoms with E-state index in [9.17, 15) is 4.79 Å². The van der Waals surface area contributed by atoms with Crippen molar-refractivity contribution in [2.45, 2.75) is 6.42 Å². The largest absolute Gasteiger partial charge is 0.491 e. The van der Waals surface area contributed by atoms with Crippen molar-refractivity contribution in [3.8, 4) is 5.75 Å². The normalized spacial score (nSPS) is 12.4. The summed E-state index contributed by atoms with van der Waals surface area (Å²) in [5, 5.41) is 6.19. The lowest BCUT2D eigenvalue weighted by molar-refractivity contribution is 0.102. The molecule has 0 atom stereocenters. The zero-order valence-corrected chi connectivity index (χ0v) is 13.1. The van der Waals surface area contributed by atoms with E-state index < -0.39 is 0 Å². The molecule has 0 bridgehead atoms. The fraction of sp³-hybridized carbons (Fsp3) is 0.278. The smallest absolute Gasteiger partial charge is 0.255 e. The first-order chi connectivity index (χ1) is 11.3. The quantitative estimate of drug-likeness (QED) is 0.805. The Morgan fingerprint density at radius 1 is 1.17 bits per heavy atom. The number of hydrogen-bond donors (Lipinski definition) is 2. The lowest BCUT2D eigenvalue weighted by atomic mass is 10.1. The van der Waals surface area contributed by atoms with Gasteiger partial charge in [0.15, 0.2) is 0 Å². The first-order valence-corrected chi connectivity index (χ1v) is 7.66. The number of fused-ring (bicyclic) bond motifs is 1. The van der Waals surface area contributed by atoms with Gasteiger partial charge in [0.1, 0.15) is 12.4 Å². The molecule has 1 heterocycles. The second kappa shape index (κ2) is 7.15. The van der Waals surface area contributed by atoms with Gasteiger partial charge in [0.2, 0.25) is 0 Å². The molecular weight excluding hydrogens is 292 g/mol.